The lowest BCUT2D eigenvalue weighted by atomic mass is 9.98. The van der Waals surface area contributed by atoms with Gasteiger partial charge in [0, 0.05) is 31.7 Å². The maximum Gasteiger partial charge on any atom is 0.254 e. The number of amides is 1. The molecule has 1 saturated carbocycles. The van der Waals surface area contributed by atoms with Crippen molar-refractivity contribution in [2.75, 3.05) is 19.8 Å². The molecular weight excluding hydrogens is 323 g/mol. The Morgan fingerprint density at radius 1 is 1.36 bits per heavy atom. The van der Waals surface area contributed by atoms with Crippen molar-refractivity contribution in [3.8, 4) is 0 Å². The van der Waals surface area contributed by atoms with E-state index in [9.17, 15) is 9.18 Å². The first-order valence-corrected chi connectivity index (χ1v) is 8.63. The van der Waals surface area contributed by atoms with E-state index in [0.29, 0.717) is 31.2 Å². The SMILES string of the molecule is Cn1nnc2c1[C@H](COCC1CC1)CN(C(=O)c1cccc(F)c1)C2. The summed E-state index contributed by atoms with van der Waals surface area (Å²) in [7, 11) is 1.86. The number of halogens is 1. The van der Waals surface area contributed by atoms with Gasteiger partial charge in [-0.05, 0) is 37.0 Å². The highest BCUT2D eigenvalue weighted by atomic mass is 19.1. The lowest BCUT2D eigenvalue weighted by Crippen LogP contribution is -2.40. The molecule has 1 aromatic heterocycles. The van der Waals surface area contributed by atoms with Gasteiger partial charge >= 0.3 is 0 Å². The van der Waals surface area contributed by atoms with E-state index in [1.165, 1.54) is 25.0 Å². The summed E-state index contributed by atoms with van der Waals surface area (Å²) in [5.74, 6) is 0.119. The van der Waals surface area contributed by atoms with Crippen molar-refractivity contribution in [1.29, 1.82) is 0 Å². The van der Waals surface area contributed by atoms with E-state index < -0.39 is 5.82 Å². The predicted octanol–water partition coefficient (Wildman–Crippen LogP) is 2.12. The van der Waals surface area contributed by atoms with Gasteiger partial charge < -0.3 is 9.64 Å². The van der Waals surface area contributed by atoms with Crippen LogP contribution in [0.2, 0.25) is 0 Å². The predicted molar refractivity (Wildman–Crippen MR) is 88.4 cm³/mol. The fourth-order valence-electron chi connectivity index (χ4n) is 3.37. The molecule has 0 bridgehead atoms. The number of carbonyl (C=O) groups is 1. The first kappa shape index (κ1) is 16.2. The van der Waals surface area contributed by atoms with E-state index in [2.05, 4.69) is 10.3 Å². The van der Waals surface area contributed by atoms with Gasteiger partial charge in [0.2, 0.25) is 0 Å². The molecule has 0 radical (unpaired) electrons. The molecule has 0 unspecified atom stereocenters. The minimum atomic E-state index is -0.410. The second kappa shape index (κ2) is 6.55. The van der Waals surface area contributed by atoms with Crippen molar-refractivity contribution in [2.45, 2.75) is 25.3 Å². The molecule has 2 heterocycles. The smallest absolute Gasteiger partial charge is 0.254 e. The normalized spacial score (nSPS) is 19.8. The summed E-state index contributed by atoms with van der Waals surface area (Å²) in [5, 5.41) is 8.29. The number of hydrogen-bond donors (Lipinski definition) is 0. The third kappa shape index (κ3) is 3.42. The maximum absolute atomic E-state index is 13.4. The Morgan fingerprint density at radius 3 is 2.96 bits per heavy atom. The number of ether oxygens (including phenoxy) is 1. The summed E-state index contributed by atoms with van der Waals surface area (Å²) in [5.41, 5.74) is 2.17. The van der Waals surface area contributed by atoms with Crippen LogP contribution in [0.25, 0.3) is 0 Å². The molecule has 1 amide bonds. The number of aromatic nitrogens is 3. The highest BCUT2D eigenvalue weighted by Gasteiger charge is 2.33. The number of rotatable bonds is 5. The Bertz CT molecular complexity index is 787. The van der Waals surface area contributed by atoms with Crippen LogP contribution in [0.4, 0.5) is 4.39 Å². The molecule has 1 aromatic carbocycles. The van der Waals surface area contributed by atoms with Crippen molar-refractivity contribution in [3.05, 3.63) is 47.0 Å². The Hall–Kier alpha value is -2.28. The minimum Gasteiger partial charge on any atom is -0.380 e. The standard InChI is InChI=1S/C18H21FN4O2/c1-22-17-14(11-25-10-12-5-6-12)8-23(9-16(17)20-21-22)18(24)13-3-2-4-15(19)7-13/h2-4,7,12,14H,5-6,8-11H2,1H3/t14-/m0/s1. The summed E-state index contributed by atoms with van der Waals surface area (Å²) in [6, 6.07) is 5.79. The summed E-state index contributed by atoms with van der Waals surface area (Å²) >= 11 is 0. The summed E-state index contributed by atoms with van der Waals surface area (Å²) in [6.45, 7) is 2.22. The van der Waals surface area contributed by atoms with Gasteiger partial charge in [0.15, 0.2) is 0 Å². The monoisotopic (exact) mass is 344 g/mol. The first-order chi connectivity index (χ1) is 12.1. The van der Waals surface area contributed by atoms with E-state index in [1.807, 2.05) is 7.05 Å². The second-order valence-corrected chi connectivity index (χ2v) is 6.92. The number of benzene rings is 1. The van der Waals surface area contributed by atoms with Gasteiger partial charge in [-0.15, -0.1) is 5.10 Å². The highest BCUT2D eigenvalue weighted by molar-refractivity contribution is 5.94. The van der Waals surface area contributed by atoms with Crippen LogP contribution in [-0.2, 0) is 18.3 Å². The Balaban J connectivity index is 1.53. The average Bonchev–Trinajstić information content (AvgIpc) is 3.36. The van der Waals surface area contributed by atoms with E-state index in [-0.39, 0.29) is 11.8 Å². The van der Waals surface area contributed by atoms with Crippen molar-refractivity contribution in [3.63, 3.8) is 0 Å². The number of nitrogens with zero attached hydrogens (tertiary/aromatic N) is 4. The molecule has 1 aliphatic carbocycles. The largest absolute Gasteiger partial charge is 0.380 e. The summed E-state index contributed by atoms with van der Waals surface area (Å²) in [4.78, 5) is 14.5. The van der Waals surface area contributed by atoms with Gasteiger partial charge in [-0.2, -0.15) is 0 Å². The van der Waals surface area contributed by atoms with Crippen LogP contribution in [0.3, 0.4) is 0 Å². The van der Waals surface area contributed by atoms with Gasteiger partial charge in [-0.25, -0.2) is 4.39 Å². The van der Waals surface area contributed by atoms with Crippen LogP contribution in [0.15, 0.2) is 24.3 Å². The van der Waals surface area contributed by atoms with Crippen LogP contribution in [0.5, 0.6) is 0 Å². The van der Waals surface area contributed by atoms with Crippen LogP contribution in [-0.4, -0.2) is 45.6 Å². The molecule has 2 aromatic rings. The van der Waals surface area contributed by atoms with Gasteiger partial charge in [-0.3, -0.25) is 9.48 Å². The number of fused-ring (bicyclic) bond motifs is 1. The average molecular weight is 344 g/mol. The van der Waals surface area contributed by atoms with Crippen molar-refractivity contribution in [1.82, 2.24) is 19.9 Å². The molecular formula is C18H21FN4O2. The number of aryl methyl sites for hydroxylation is 1. The molecule has 6 nitrogen and oxygen atoms in total. The third-order valence-corrected chi connectivity index (χ3v) is 4.84. The zero-order valence-corrected chi connectivity index (χ0v) is 14.2. The summed E-state index contributed by atoms with van der Waals surface area (Å²) in [6.07, 6.45) is 2.49. The quantitative estimate of drug-likeness (QED) is 0.834. The van der Waals surface area contributed by atoms with E-state index >= 15 is 0 Å². The van der Waals surface area contributed by atoms with Crippen molar-refractivity contribution < 1.29 is 13.9 Å². The van der Waals surface area contributed by atoms with Gasteiger partial charge in [0.05, 0.1) is 18.8 Å². The Kier molecular flexibility index (Phi) is 4.25. The van der Waals surface area contributed by atoms with E-state index in [0.717, 1.165) is 18.0 Å². The third-order valence-electron chi connectivity index (χ3n) is 4.84. The number of hydrogen-bond acceptors (Lipinski definition) is 4. The van der Waals surface area contributed by atoms with E-state index in [4.69, 9.17) is 4.74 Å². The molecule has 1 fully saturated rings. The molecule has 7 heteroatoms. The zero-order valence-electron chi connectivity index (χ0n) is 14.2. The van der Waals surface area contributed by atoms with Crippen LogP contribution < -0.4 is 0 Å². The molecule has 4 rings (SSSR count). The molecule has 132 valence electrons. The van der Waals surface area contributed by atoms with Gasteiger partial charge in [0.25, 0.3) is 5.91 Å². The maximum atomic E-state index is 13.4. The van der Waals surface area contributed by atoms with Crippen molar-refractivity contribution in [2.24, 2.45) is 13.0 Å². The Morgan fingerprint density at radius 2 is 2.20 bits per heavy atom. The molecule has 0 N–H and O–H groups in total. The topological polar surface area (TPSA) is 60.2 Å². The molecule has 1 atom stereocenters. The Labute approximate surface area is 145 Å². The molecule has 2 aliphatic rings. The highest BCUT2D eigenvalue weighted by Crippen LogP contribution is 2.31. The van der Waals surface area contributed by atoms with Crippen LogP contribution in [0, 0.1) is 11.7 Å². The second-order valence-electron chi connectivity index (χ2n) is 6.92. The molecule has 1 aliphatic heterocycles. The van der Waals surface area contributed by atoms with Crippen LogP contribution >= 0.6 is 0 Å². The van der Waals surface area contributed by atoms with Gasteiger partial charge in [0.1, 0.15) is 11.5 Å². The van der Waals surface area contributed by atoms with Crippen molar-refractivity contribution >= 4 is 5.91 Å². The zero-order chi connectivity index (χ0) is 17.4. The van der Waals surface area contributed by atoms with Gasteiger partial charge in [-0.1, -0.05) is 11.3 Å². The molecule has 25 heavy (non-hydrogen) atoms. The molecule has 0 saturated heterocycles. The minimum absolute atomic E-state index is 0.0278. The molecule has 0 spiro atoms. The summed E-state index contributed by atoms with van der Waals surface area (Å²) < 4.78 is 21.1. The van der Waals surface area contributed by atoms with Crippen LogP contribution in [0.1, 0.15) is 40.5 Å². The fraction of sp³-hybridized carbons (Fsp3) is 0.500. The number of carbonyl (C=O) groups excluding carboxylic acids is 1. The first-order valence-electron chi connectivity index (χ1n) is 8.63. The van der Waals surface area contributed by atoms with E-state index in [1.54, 1.807) is 21.7 Å². The fourth-order valence-corrected chi connectivity index (χ4v) is 3.37. The lowest BCUT2D eigenvalue weighted by molar-refractivity contribution is 0.0618. The lowest BCUT2D eigenvalue weighted by Gasteiger charge is -2.32.